The molecular weight excluding hydrogens is 272 g/mol. The molecule has 5 heteroatoms. The molecule has 0 radical (unpaired) electrons. The largest absolute Gasteiger partial charge is 0.398 e. The fourth-order valence-corrected chi connectivity index (χ4v) is 3.77. The number of carbonyl (C=O) groups is 1. The van der Waals surface area contributed by atoms with Crippen LogP contribution in [0.4, 0.5) is 5.69 Å². The number of ketones is 1. The summed E-state index contributed by atoms with van der Waals surface area (Å²) in [5.74, 6) is -0.156. The van der Waals surface area contributed by atoms with E-state index in [1.54, 1.807) is 32.0 Å². The zero-order valence-electron chi connectivity index (χ0n) is 12.8. The number of carbonyl (C=O) groups excluding carboxylic acids is 1. The first-order chi connectivity index (χ1) is 9.23. The van der Waals surface area contributed by atoms with Crippen molar-refractivity contribution in [2.45, 2.75) is 43.9 Å². The highest BCUT2D eigenvalue weighted by molar-refractivity contribution is 7.87. The number of nitrogens with two attached hydrogens (primary N) is 1. The SMILES string of the molecule is CNCc1c(N)cccc1S(=O)C(C)(C)C(=O)C(C)C. The van der Waals surface area contributed by atoms with Crippen molar-refractivity contribution in [3.63, 3.8) is 0 Å². The smallest absolute Gasteiger partial charge is 0.153 e. The molecule has 3 N–H and O–H groups in total. The van der Waals surface area contributed by atoms with E-state index in [9.17, 15) is 9.00 Å². The van der Waals surface area contributed by atoms with E-state index in [2.05, 4.69) is 5.32 Å². The van der Waals surface area contributed by atoms with E-state index < -0.39 is 15.5 Å². The number of nitrogens with one attached hydrogen (secondary N) is 1. The van der Waals surface area contributed by atoms with Gasteiger partial charge in [-0.2, -0.15) is 0 Å². The van der Waals surface area contributed by atoms with E-state index in [-0.39, 0.29) is 11.7 Å². The Hall–Kier alpha value is -1.20. The van der Waals surface area contributed by atoms with Crippen LogP contribution in [-0.4, -0.2) is 21.8 Å². The fraction of sp³-hybridized carbons (Fsp3) is 0.533. The summed E-state index contributed by atoms with van der Waals surface area (Å²) in [7, 11) is 0.372. The normalized spacial score (nSPS) is 13.5. The molecule has 1 rings (SSSR count). The second-order valence-electron chi connectivity index (χ2n) is 5.65. The van der Waals surface area contributed by atoms with Gasteiger partial charge in [0.05, 0.1) is 10.8 Å². The summed E-state index contributed by atoms with van der Waals surface area (Å²) in [6.45, 7) is 7.65. The number of Topliss-reactive ketones (excluding diaryl/α,β-unsaturated/α-hetero) is 1. The Labute approximate surface area is 123 Å². The molecule has 20 heavy (non-hydrogen) atoms. The van der Waals surface area contributed by atoms with Gasteiger partial charge in [-0.25, -0.2) is 0 Å². The molecule has 0 aromatic heterocycles. The Kier molecular flexibility index (Phi) is 5.48. The standard InChI is InChI=1S/C15H24N2O2S/c1-10(2)14(18)15(3,4)20(19)13-8-6-7-12(16)11(13)9-17-5/h6-8,10,17H,9,16H2,1-5H3. The first-order valence-corrected chi connectivity index (χ1v) is 7.86. The van der Waals surface area contributed by atoms with Gasteiger partial charge in [-0.3, -0.25) is 9.00 Å². The van der Waals surface area contributed by atoms with Gasteiger partial charge >= 0.3 is 0 Å². The van der Waals surface area contributed by atoms with Crippen LogP contribution in [0.15, 0.2) is 23.1 Å². The van der Waals surface area contributed by atoms with Gasteiger partial charge in [-0.1, -0.05) is 19.9 Å². The molecule has 0 amide bonds. The Morgan fingerprint density at radius 2 is 2.00 bits per heavy atom. The highest BCUT2D eigenvalue weighted by Gasteiger charge is 2.37. The maximum atomic E-state index is 12.9. The molecular formula is C15H24N2O2S. The van der Waals surface area contributed by atoms with Crippen LogP contribution in [0.5, 0.6) is 0 Å². The molecule has 0 aliphatic heterocycles. The molecule has 0 aliphatic carbocycles. The molecule has 0 bridgehead atoms. The third kappa shape index (κ3) is 3.27. The second kappa shape index (κ2) is 6.50. The first-order valence-electron chi connectivity index (χ1n) is 6.71. The van der Waals surface area contributed by atoms with Gasteiger partial charge in [-0.05, 0) is 33.0 Å². The van der Waals surface area contributed by atoms with Crippen LogP contribution < -0.4 is 11.1 Å². The lowest BCUT2D eigenvalue weighted by atomic mass is 9.98. The van der Waals surface area contributed by atoms with Crippen LogP contribution in [0.2, 0.25) is 0 Å². The van der Waals surface area contributed by atoms with E-state index in [1.807, 2.05) is 20.9 Å². The summed E-state index contributed by atoms with van der Waals surface area (Å²) in [4.78, 5) is 12.9. The number of anilines is 1. The Balaban J connectivity index is 3.28. The minimum atomic E-state index is -1.44. The van der Waals surface area contributed by atoms with Crippen molar-refractivity contribution in [1.29, 1.82) is 0 Å². The molecule has 0 aliphatic rings. The van der Waals surface area contributed by atoms with E-state index >= 15 is 0 Å². The van der Waals surface area contributed by atoms with Gasteiger partial charge in [0, 0.05) is 28.6 Å². The molecule has 112 valence electrons. The predicted octanol–water partition coefficient (Wildman–Crippen LogP) is 2.10. The van der Waals surface area contributed by atoms with Crippen LogP contribution in [0.25, 0.3) is 0 Å². The van der Waals surface area contributed by atoms with Crippen molar-refractivity contribution in [2.24, 2.45) is 5.92 Å². The van der Waals surface area contributed by atoms with E-state index in [0.717, 1.165) is 5.56 Å². The minimum absolute atomic E-state index is 0.00587. The topological polar surface area (TPSA) is 72.2 Å². The number of hydrogen-bond donors (Lipinski definition) is 2. The maximum Gasteiger partial charge on any atom is 0.153 e. The molecule has 1 aromatic carbocycles. The minimum Gasteiger partial charge on any atom is -0.398 e. The lowest BCUT2D eigenvalue weighted by molar-refractivity contribution is -0.123. The Bertz CT molecular complexity index is 525. The van der Waals surface area contributed by atoms with Crippen LogP contribution in [-0.2, 0) is 22.1 Å². The summed E-state index contributed by atoms with van der Waals surface area (Å²) in [6.07, 6.45) is 0. The summed E-state index contributed by atoms with van der Waals surface area (Å²) in [5.41, 5.74) is 7.36. The number of benzene rings is 1. The Morgan fingerprint density at radius 3 is 2.50 bits per heavy atom. The van der Waals surface area contributed by atoms with E-state index in [4.69, 9.17) is 5.73 Å². The molecule has 0 saturated carbocycles. The first kappa shape index (κ1) is 16.9. The van der Waals surface area contributed by atoms with Crippen molar-refractivity contribution >= 4 is 22.3 Å². The third-order valence-electron chi connectivity index (χ3n) is 3.30. The van der Waals surface area contributed by atoms with Gasteiger partial charge in [-0.15, -0.1) is 0 Å². The second-order valence-corrected chi connectivity index (χ2v) is 7.65. The third-order valence-corrected chi connectivity index (χ3v) is 5.21. The maximum absolute atomic E-state index is 12.9. The average Bonchev–Trinajstić information content (AvgIpc) is 2.39. The predicted molar refractivity (Wildman–Crippen MR) is 84.0 cm³/mol. The Morgan fingerprint density at radius 1 is 1.40 bits per heavy atom. The van der Waals surface area contributed by atoms with Crippen LogP contribution in [0.1, 0.15) is 33.3 Å². The molecule has 1 aromatic rings. The molecule has 0 saturated heterocycles. The van der Waals surface area contributed by atoms with E-state index in [0.29, 0.717) is 17.1 Å². The summed E-state index contributed by atoms with van der Waals surface area (Å²) >= 11 is 0. The molecule has 1 unspecified atom stereocenters. The monoisotopic (exact) mass is 296 g/mol. The summed E-state index contributed by atoms with van der Waals surface area (Å²) in [5, 5.41) is 3.02. The molecule has 0 fully saturated rings. The van der Waals surface area contributed by atoms with Crippen molar-refractivity contribution < 1.29 is 9.00 Å². The molecule has 0 spiro atoms. The number of rotatable bonds is 6. The van der Waals surface area contributed by atoms with Crippen molar-refractivity contribution in [2.75, 3.05) is 12.8 Å². The zero-order valence-corrected chi connectivity index (χ0v) is 13.6. The van der Waals surface area contributed by atoms with Crippen LogP contribution in [0, 0.1) is 5.92 Å². The highest BCUT2D eigenvalue weighted by atomic mass is 32.2. The highest BCUT2D eigenvalue weighted by Crippen LogP contribution is 2.29. The quantitative estimate of drug-likeness (QED) is 0.789. The lowest BCUT2D eigenvalue weighted by Gasteiger charge is -2.26. The van der Waals surface area contributed by atoms with Crippen molar-refractivity contribution in [1.82, 2.24) is 5.32 Å². The van der Waals surface area contributed by atoms with Crippen molar-refractivity contribution in [3.8, 4) is 0 Å². The van der Waals surface area contributed by atoms with Gasteiger partial charge in [0.15, 0.2) is 5.78 Å². The van der Waals surface area contributed by atoms with Gasteiger partial charge in [0.2, 0.25) is 0 Å². The molecule has 1 atom stereocenters. The number of hydrogen-bond acceptors (Lipinski definition) is 4. The number of nitrogen functional groups attached to an aromatic ring is 1. The van der Waals surface area contributed by atoms with Gasteiger partial charge in [0.1, 0.15) is 4.75 Å². The summed E-state index contributed by atoms with van der Waals surface area (Å²) in [6, 6.07) is 5.34. The summed E-state index contributed by atoms with van der Waals surface area (Å²) < 4.78 is 11.9. The van der Waals surface area contributed by atoms with Crippen molar-refractivity contribution in [3.05, 3.63) is 23.8 Å². The zero-order chi connectivity index (χ0) is 15.5. The molecule has 4 nitrogen and oxygen atoms in total. The lowest BCUT2D eigenvalue weighted by Crippen LogP contribution is -2.40. The average molecular weight is 296 g/mol. The van der Waals surface area contributed by atoms with Crippen LogP contribution in [0.3, 0.4) is 0 Å². The van der Waals surface area contributed by atoms with Crippen LogP contribution >= 0.6 is 0 Å². The molecule has 0 heterocycles. The van der Waals surface area contributed by atoms with Gasteiger partial charge < -0.3 is 11.1 Å². The van der Waals surface area contributed by atoms with Gasteiger partial charge in [0.25, 0.3) is 0 Å². The van der Waals surface area contributed by atoms with E-state index in [1.165, 1.54) is 0 Å². The fourth-order valence-electron chi connectivity index (χ4n) is 2.18.